The van der Waals surface area contributed by atoms with Gasteiger partial charge in [-0.15, -0.1) is 11.3 Å². The summed E-state index contributed by atoms with van der Waals surface area (Å²) in [6, 6.07) is 17.6. The van der Waals surface area contributed by atoms with Crippen LogP contribution in [0.15, 0.2) is 60.0 Å². The number of hydrogen-bond donors (Lipinski definition) is 1. The number of rotatable bonds is 10. The van der Waals surface area contributed by atoms with Crippen LogP contribution in [0.4, 0.5) is 5.69 Å². The summed E-state index contributed by atoms with van der Waals surface area (Å²) in [5.41, 5.74) is 2.72. The number of carbonyl (C=O) groups is 1. The third kappa shape index (κ3) is 6.61. The number of amides is 1. The molecule has 0 saturated heterocycles. The Morgan fingerprint density at radius 3 is 2.72 bits per heavy atom. The summed E-state index contributed by atoms with van der Waals surface area (Å²) >= 11 is 1.60. The molecule has 29 heavy (non-hydrogen) atoms. The van der Waals surface area contributed by atoms with Crippen molar-refractivity contribution in [3.8, 4) is 5.75 Å². The van der Waals surface area contributed by atoms with Crippen LogP contribution < -0.4 is 15.0 Å². The number of anilines is 1. The zero-order valence-corrected chi connectivity index (χ0v) is 17.7. The Balaban J connectivity index is 1.39. The van der Waals surface area contributed by atoms with E-state index >= 15 is 0 Å². The topological polar surface area (TPSA) is 54.5 Å². The van der Waals surface area contributed by atoms with Gasteiger partial charge >= 0.3 is 0 Å². The molecule has 0 aliphatic rings. The van der Waals surface area contributed by atoms with Crippen LogP contribution in [0.2, 0.25) is 0 Å². The summed E-state index contributed by atoms with van der Waals surface area (Å²) in [5.74, 6) is 0.601. The minimum absolute atomic E-state index is 0.0728. The molecule has 0 atom stereocenters. The van der Waals surface area contributed by atoms with E-state index in [1.54, 1.807) is 23.5 Å². The van der Waals surface area contributed by atoms with Crippen molar-refractivity contribution in [2.45, 2.75) is 26.4 Å². The first-order chi connectivity index (χ1) is 14.1. The van der Waals surface area contributed by atoms with E-state index < -0.39 is 0 Å². The van der Waals surface area contributed by atoms with Gasteiger partial charge in [-0.05, 0) is 50.1 Å². The molecule has 0 saturated carbocycles. The van der Waals surface area contributed by atoms with Crippen molar-refractivity contribution < 1.29 is 9.53 Å². The van der Waals surface area contributed by atoms with Crippen LogP contribution in [0, 0.1) is 6.92 Å². The third-order valence-corrected chi connectivity index (χ3v) is 5.37. The molecule has 6 heteroatoms. The molecule has 1 amide bonds. The van der Waals surface area contributed by atoms with Gasteiger partial charge in [0.1, 0.15) is 12.4 Å². The number of carbonyl (C=O) groups excluding carboxylic acids is 1. The van der Waals surface area contributed by atoms with Crippen molar-refractivity contribution in [3.63, 3.8) is 0 Å². The number of benzene rings is 2. The predicted octanol–water partition coefficient (Wildman–Crippen LogP) is 4.68. The molecule has 152 valence electrons. The minimum atomic E-state index is -0.0728. The number of nitrogens with one attached hydrogen (secondary N) is 1. The Morgan fingerprint density at radius 1 is 1.14 bits per heavy atom. The third-order valence-electron chi connectivity index (χ3n) is 4.55. The highest BCUT2D eigenvalue weighted by Gasteiger charge is 2.07. The number of aryl methyl sites for hydroxylation is 1. The van der Waals surface area contributed by atoms with Crippen LogP contribution in [0.5, 0.6) is 5.75 Å². The largest absolute Gasteiger partial charge is 0.487 e. The van der Waals surface area contributed by atoms with Crippen molar-refractivity contribution in [2.24, 2.45) is 0 Å². The second kappa shape index (κ2) is 10.6. The van der Waals surface area contributed by atoms with Crippen LogP contribution in [-0.2, 0) is 6.61 Å². The molecular formula is C23H27N3O2S. The van der Waals surface area contributed by atoms with E-state index in [2.05, 4.69) is 34.4 Å². The van der Waals surface area contributed by atoms with Crippen LogP contribution in [0.3, 0.4) is 0 Å². The standard InChI is InChI=1S/C23H27N3O2S/c1-18-25-20(17-29-18)16-28-22-12-8-9-19(15-22)23(27)24-13-6-7-14-26(2)21-10-4-3-5-11-21/h3-5,8-12,15,17H,6-7,13-14,16H2,1-2H3,(H,24,27). The minimum Gasteiger partial charge on any atom is -0.487 e. The summed E-state index contributed by atoms with van der Waals surface area (Å²) in [5, 5.41) is 6.00. The highest BCUT2D eigenvalue weighted by molar-refractivity contribution is 7.09. The molecule has 0 unspecified atom stereocenters. The number of nitrogens with zero attached hydrogens (tertiary/aromatic N) is 2. The molecular weight excluding hydrogens is 382 g/mol. The van der Waals surface area contributed by atoms with E-state index in [1.165, 1.54) is 5.69 Å². The summed E-state index contributed by atoms with van der Waals surface area (Å²) in [6.07, 6.45) is 1.95. The van der Waals surface area contributed by atoms with E-state index in [4.69, 9.17) is 4.74 Å². The van der Waals surface area contributed by atoms with Crippen molar-refractivity contribution in [2.75, 3.05) is 25.0 Å². The summed E-state index contributed by atoms with van der Waals surface area (Å²) in [4.78, 5) is 19.0. The average Bonchev–Trinajstić information content (AvgIpc) is 3.17. The Hall–Kier alpha value is -2.86. The van der Waals surface area contributed by atoms with Gasteiger partial charge in [0, 0.05) is 36.8 Å². The van der Waals surface area contributed by atoms with Crippen molar-refractivity contribution in [1.82, 2.24) is 10.3 Å². The van der Waals surface area contributed by atoms with Gasteiger partial charge in [-0.3, -0.25) is 4.79 Å². The molecule has 1 heterocycles. The summed E-state index contributed by atoms with van der Waals surface area (Å²) in [6.45, 7) is 3.99. The Labute approximate surface area is 176 Å². The number of unbranched alkanes of at least 4 members (excludes halogenated alkanes) is 1. The van der Waals surface area contributed by atoms with Gasteiger partial charge in [0.25, 0.3) is 5.91 Å². The van der Waals surface area contributed by atoms with E-state index in [0.717, 1.165) is 30.1 Å². The van der Waals surface area contributed by atoms with Crippen LogP contribution in [0.25, 0.3) is 0 Å². The van der Waals surface area contributed by atoms with E-state index in [1.807, 2.05) is 42.6 Å². The van der Waals surface area contributed by atoms with Gasteiger partial charge in [0.05, 0.1) is 10.7 Å². The van der Waals surface area contributed by atoms with Gasteiger partial charge in [-0.2, -0.15) is 0 Å². The lowest BCUT2D eigenvalue weighted by atomic mass is 10.2. The van der Waals surface area contributed by atoms with Gasteiger partial charge in [-0.1, -0.05) is 24.3 Å². The lowest BCUT2D eigenvalue weighted by molar-refractivity contribution is 0.0952. The Bertz CT molecular complexity index is 911. The van der Waals surface area contributed by atoms with Crippen molar-refractivity contribution >= 4 is 22.9 Å². The molecule has 1 N–H and O–H groups in total. The lowest BCUT2D eigenvalue weighted by Crippen LogP contribution is -2.25. The highest BCUT2D eigenvalue weighted by Crippen LogP contribution is 2.16. The molecule has 5 nitrogen and oxygen atoms in total. The van der Waals surface area contributed by atoms with E-state index in [-0.39, 0.29) is 5.91 Å². The van der Waals surface area contributed by atoms with Gasteiger partial charge < -0.3 is 15.0 Å². The summed E-state index contributed by atoms with van der Waals surface area (Å²) in [7, 11) is 2.09. The second-order valence-electron chi connectivity index (χ2n) is 6.89. The van der Waals surface area contributed by atoms with Crippen LogP contribution in [0.1, 0.15) is 33.9 Å². The highest BCUT2D eigenvalue weighted by atomic mass is 32.1. The number of thiazole rings is 1. The molecule has 0 spiro atoms. The SMILES string of the molecule is Cc1nc(COc2cccc(C(=O)NCCCCN(C)c3ccccc3)c2)cs1. The average molecular weight is 410 g/mol. The molecule has 1 aromatic heterocycles. The first kappa shape index (κ1) is 20.9. The first-order valence-corrected chi connectivity index (χ1v) is 10.7. The van der Waals surface area contributed by atoms with Crippen molar-refractivity contribution in [3.05, 3.63) is 76.2 Å². The Morgan fingerprint density at radius 2 is 1.97 bits per heavy atom. The van der Waals surface area contributed by atoms with Crippen molar-refractivity contribution in [1.29, 1.82) is 0 Å². The molecule has 3 rings (SSSR count). The number of aromatic nitrogens is 1. The molecule has 0 bridgehead atoms. The number of hydrogen-bond acceptors (Lipinski definition) is 5. The quantitative estimate of drug-likeness (QED) is 0.494. The lowest BCUT2D eigenvalue weighted by Gasteiger charge is -2.19. The monoisotopic (exact) mass is 409 g/mol. The van der Waals surface area contributed by atoms with Gasteiger partial charge in [-0.25, -0.2) is 4.98 Å². The molecule has 0 radical (unpaired) electrons. The maximum Gasteiger partial charge on any atom is 0.251 e. The normalized spacial score (nSPS) is 10.6. The molecule has 0 aliphatic carbocycles. The maximum atomic E-state index is 12.4. The first-order valence-electron chi connectivity index (χ1n) is 9.80. The zero-order valence-electron chi connectivity index (χ0n) is 16.9. The molecule has 3 aromatic rings. The fraction of sp³-hybridized carbons (Fsp3) is 0.304. The molecule has 0 aliphatic heterocycles. The predicted molar refractivity (Wildman–Crippen MR) is 119 cm³/mol. The smallest absolute Gasteiger partial charge is 0.251 e. The van der Waals surface area contributed by atoms with Crippen LogP contribution in [-0.4, -0.2) is 31.0 Å². The van der Waals surface area contributed by atoms with Crippen LogP contribution >= 0.6 is 11.3 Å². The van der Waals surface area contributed by atoms with E-state index in [0.29, 0.717) is 24.5 Å². The molecule has 2 aromatic carbocycles. The fourth-order valence-corrected chi connectivity index (χ4v) is 3.55. The Kier molecular flexibility index (Phi) is 7.64. The number of para-hydroxylation sites is 1. The number of ether oxygens (including phenoxy) is 1. The second-order valence-corrected chi connectivity index (χ2v) is 7.96. The summed E-state index contributed by atoms with van der Waals surface area (Å²) < 4.78 is 5.77. The van der Waals surface area contributed by atoms with Gasteiger partial charge in [0.15, 0.2) is 0 Å². The zero-order chi connectivity index (χ0) is 20.5. The fourth-order valence-electron chi connectivity index (χ4n) is 2.95. The van der Waals surface area contributed by atoms with Gasteiger partial charge in [0.2, 0.25) is 0 Å². The molecule has 0 fully saturated rings. The van der Waals surface area contributed by atoms with E-state index in [9.17, 15) is 4.79 Å². The maximum absolute atomic E-state index is 12.4.